The standard InChI is InChI=1S/C29H32N6O5S/c30-20-23-19-22(3-6-27(23)40-25-8-17-39-18-9-25)26-7-10-31-29(33-26)32-24-4-1-21(2-5-24)28(41(37)38)35-13-11-34(12-14-35)15-16-36/h1-7,10,19,25,36H,8-9,11-18H2,(H,31,32,33). The first-order valence-corrected chi connectivity index (χ1v) is 14.7. The van der Waals surface area contributed by atoms with E-state index in [1.54, 1.807) is 48.7 Å². The first-order valence-electron chi connectivity index (χ1n) is 13.6. The molecule has 214 valence electrons. The van der Waals surface area contributed by atoms with Gasteiger partial charge in [-0.2, -0.15) is 13.7 Å². The minimum absolute atomic E-state index is 0.0346. The van der Waals surface area contributed by atoms with Gasteiger partial charge in [0.25, 0.3) is 0 Å². The van der Waals surface area contributed by atoms with E-state index in [0.717, 1.165) is 18.4 Å². The zero-order chi connectivity index (χ0) is 28.6. The molecule has 41 heavy (non-hydrogen) atoms. The van der Waals surface area contributed by atoms with Crippen LogP contribution in [0.15, 0.2) is 54.7 Å². The summed E-state index contributed by atoms with van der Waals surface area (Å²) < 4.78 is 35.7. The number of hydrogen-bond acceptors (Lipinski definition) is 10. The minimum Gasteiger partial charge on any atom is -0.489 e. The Balaban J connectivity index is 1.27. The van der Waals surface area contributed by atoms with Crippen LogP contribution in [0, 0.1) is 11.3 Å². The highest BCUT2D eigenvalue weighted by molar-refractivity contribution is 7.73. The lowest BCUT2D eigenvalue weighted by Gasteiger charge is -2.34. The lowest BCUT2D eigenvalue weighted by Crippen LogP contribution is -2.49. The third kappa shape index (κ3) is 7.27. The number of rotatable bonds is 8. The van der Waals surface area contributed by atoms with Gasteiger partial charge in [-0.15, -0.1) is 0 Å². The maximum Gasteiger partial charge on any atom is 0.233 e. The number of ether oxygens (including phenoxy) is 2. The van der Waals surface area contributed by atoms with Gasteiger partial charge in [-0.1, -0.05) is 12.1 Å². The molecule has 0 saturated carbocycles. The van der Waals surface area contributed by atoms with Crippen molar-refractivity contribution in [3.05, 3.63) is 65.9 Å². The number of β-amino-alcohol motifs (C(OH)–C–C–N with tert-alkyl or cyclic N) is 1. The lowest BCUT2D eigenvalue weighted by molar-refractivity contribution is 0.0254. The van der Waals surface area contributed by atoms with Crippen molar-refractivity contribution in [2.24, 2.45) is 0 Å². The molecule has 1 aromatic heterocycles. The van der Waals surface area contributed by atoms with Crippen LogP contribution >= 0.6 is 0 Å². The second-order valence-electron chi connectivity index (χ2n) is 9.81. The fraction of sp³-hybridized carbons (Fsp3) is 0.379. The molecule has 3 aromatic rings. The average molecular weight is 577 g/mol. The maximum absolute atomic E-state index is 12.1. The lowest BCUT2D eigenvalue weighted by atomic mass is 10.1. The van der Waals surface area contributed by atoms with Crippen LogP contribution in [0.25, 0.3) is 11.3 Å². The molecule has 2 aliphatic rings. The molecular formula is C29H32N6O5S. The van der Waals surface area contributed by atoms with Crippen LogP contribution in [0.4, 0.5) is 11.6 Å². The van der Waals surface area contributed by atoms with E-state index in [0.29, 0.717) is 80.1 Å². The highest BCUT2D eigenvalue weighted by Crippen LogP contribution is 2.28. The number of aliphatic hydroxyl groups excluding tert-OH is 1. The van der Waals surface area contributed by atoms with Gasteiger partial charge in [0, 0.05) is 68.6 Å². The number of piperazine rings is 1. The van der Waals surface area contributed by atoms with Gasteiger partial charge in [-0.05, 0) is 36.4 Å². The van der Waals surface area contributed by atoms with E-state index in [9.17, 15) is 13.7 Å². The summed E-state index contributed by atoms with van der Waals surface area (Å²) >= 11 is 0. The van der Waals surface area contributed by atoms with Gasteiger partial charge in [0.15, 0.2) is 0 Å². The van der Waals surface area contributed by atoms with Gasteiger partial charge in [0.05, 0.1) is 31.1 Å². The van der Waals surface area contributed by atoms with Gasteiger partial charge in [0.2, 0.25) is 16.2 Å². The topological polar surface area (TPSA) is 141 Å². The summed E-state index contributed by atoms with van der Waals surface area (Å²) in [4.78, 5) is 13.2. The van der Waals surface area contributed by atoms with Crippen molar-refractivity contribution in [2.75, 3.05) is 57.9 Å². The number of aromatic nitrogens is 2. The van der Waals surface area contributed by atoms with E-state index >= 15 is 0 Å². The number of nitrogens with one attached hydrogen (secondary N) is 1. The molecule has 0 amide bonds. The second-order valence-corrected chi connectivity index (χ2v) is 10.7. The highest BCUT2D eigenvalue weighted by Gasteiger charge is 2.23. The van der Waals surface area contributed by atoms with Gasteiger partial charge in [0.1, 0.15) is 22.9 Å². The molecule has 11 nitrogen and oxygen atoms in total. The Kier molecular flexibility index (Phi) is 9.55. The predicted molar refractivity (Wildman–Crippen MR) is 155 cm³/mol. The Morgan fingerprint density at radius 1 is 1.10 bits per heavy atom. The molecule has 2 saturated heterocycles. The summed E-state index contributed by atoms with van der Waals surface area (Å²) in [6.07, 6.45) is 3.27. The Morgan fingerprint density at radius 3 is 2.54 bits per heavy atom. The van der Waals surface area contributed by atoms with Crippen molar-refractivity contribution in [3.63, 3.8) is 0 Å². The van der Waals surface area contributed by atoms with Crippen molar-refractivity contribution in [2.45, 2.75) is 18.9 Å². The van der Waals surface area contributed by atoms with E-state index in [4.69, 9.17) is 14.6 Å². The van der Waals surface area contributed by atoms with Crippen LogP contribution in [0.3, 0.4) is 0 Å². The molecule has 0 radical (unpaired) electrons. The maximum atomic E-state index is 12.1. The third-order valence-corrected chi connectivity index (χ3v) is 7.94. The number of hydrogen-bond donors (Lipinski definition) is 2. The summed E-state index contributed by atoms with van der Waals surface area (Å²) in [5.41, 5.74) is 3.15. The zero-order valence-electron chi connectivity index (χ0n) is 22.6. The second kappa shape index (κ2) is 13.7. The van der Waals surface area contributed by atoms with Gasteiger partial charge >= 0.3 is 0 Å². The van der Waals surface area contributed by atoms with Crippen LogP contribution in [-0.2, 0) is 15.0 Å². The Labute approximate surface area is 240 Å². The Morgan fingerprint density at radius 2 is 1.85 bits per heavy atom. The van der Waals surface area contributed by atoms with E-state index < -0.39 is 10.3 Å². The molecule has 3 heterocycles. The number of aliphatic hydroxyl groups is 1. The van der Waals surface area contributed by atoms with E-state index in [1.807, 2.05) is 11.0 Å². The van der Waals surface area contributed by atoms with E-state index in [-0.39, 0.29) is 17.7 Å². The van der Waals surface area contributed by atoms with Crippen molar-refractivity contribution in [3.8, 4) is 23.1 Å². The van der Waals surface area contributed by atoms with Gasteiger partial charge in [-0.25, -0.2) is 9.97 Å². The van der Waals surface area contributed by atoms with Crippen LogP contribution in [0.5, 0.6) is 5.75 Å². The van der Waals surface area contributed by atoms with Crippen LogP contribution in [-0.4, -0.2) is 96.9 Å². The van der Waals surface area contributed by atoms with Gasteiger partial charge in [-0.3, -0.25) is 9.80 Å². The molecule has 12 heteroatoms. The Bertz CT molecular complexity index is 1520. The van der Waals surface area contributed by atoms with Crippen molar-refractivity contribution >= 4 is 26.9 Å². The molecule has 2 fully saturated rings. The fourth-order valence-electron chi connectivity index (χ4n) is 4.96. The van der Waals surface area contributed by atoms with Crippen LogP contribution < -0.4 is 10.1 Å². The SMILES string of the molecule is N#Cc1cc(-c2ccnc(Nc3ccc(C(N4CCN(CCO)CC4)=S(=O)=O)cc3)n2)ccc1OC1CCOCC1. The first-order chi connectivity index (χ1) is 20.0. The number of nitriles is 1. The smallest absolute Gasteiger partial charge is 0.233 e. The van der Waals surface area contributed by atoms with E-state index in [2.05, 4.69) is 26.3 Å². The minimum atomic E-state index is -2.40. The third-order valence-electron chi connectivity index (χ3n) is 7.13. The summed E-state index contributed by atoms with van der Waals surface area (Å²) in [5.74, 6) is 0.922. The molecule has 0 bridgehead atoms. The normalized spacial score (nSPS) is 16.6. The summed E-state index contributed by atoms with van der Waals surface area (Å²) in [7, 11) is -2.40. The van der Waals surface area contributed by atoms with E-state index in [1.165, 1.54) is 0 Å². The van der Waals surface area contributed by atoms with Crippen molar-refractivity contribution in [1.82, 2.24) is 19.8 Å². The van der Waals surface area contributed by atoms with Gasteiger partial charge < -0.3 is 19.9 Å². The quantitative estimate of drug-likeness (QED) is 0.382. The summed E-state index contributed by atoms with van der Waals surface area (Å²) in [6.45, 7) is 4.51. The van der Waals surface area contributed by atoms with Crippen LogP contribution in [0.1, 0.15) is 24.0 Å². The highest BCUT2D eigenvalue weighted by atomic mass is 32.2. The first kappa shape index (κ1) is 28.7. The molecule has 2 aliphatic heterocycles. The molecule has 0 atom stereocenters. The predicted octanol–water partition coefficient (Wildman–Crippen LogP) is 2.28. The summed E-state index contributed by atoms with van der Waals surface area (Å²) in [6, 6.07) is 16.5. The Hall–Kier alpha value is -3.86. The molecule has 0 unspecified atom stereocenters. The van der Waals surface area contributed by atoms with Crippen molar-refractivity contribution < 1.29 is 23.0 Å². The monoisotopic (exact) mass is 576 g/mol. The average Bonchev–Trinajstić information content (AvgIpc) is 3.00. The number of benzene rings is 2. The molecule has 0 spiro atoms. The molecule has 5 rings (SSSR count). The van der Waals surface area contributed by atoms with Crippen molar-refractivity contribution in [1.29, 1.82) is 5.26 Å². The zero-order valence-corrected chi connectivity index (χ0v) is 23.4. The molecule has 0 aliphatic carbocycles. The van der Waals surface area contributed by atoms with Crippen LogP contribution in [0.2, 0.25) is 0 Å². The fourth-order valence-corrected chi connectivity index (χ4v) is 5.68. The molecule has 2 aromatic carbocycles. The molecular weight excluding hydrogens is 544 g/mol. The number of nitrogens with zero attached hydrogens (tertiary/aromatic N) is 5. The number of anilines is 2. The molecule has 2 N–H and O–H groups in total. The largest absolute Gasteiger partial charge is 0.489 e. The summed E-state index contributed by atoms with van der Waals surface area (Å²) in [5, 5.41) is 22.1.